The normalized spacial score (nSPS) is 10.8. The van der Waals surface area contributed by atoms with Crippen molar-refractivity contribution in [2.24, 2.45) is 0 Å². The Hall–Kier alpha value is -2.66. The van der Waals surface area contributed by atoms with Gasteiger partial charge in [-0.1, -0.05) is 0 Å². The molecule has 0 aliphatic carbocycles. The monoisotopic (exact) mass is 314 g/mol. The van der Waals surface area contributed by atoms with Gasteiger partial charge in [0.25, 0.3) is 0 Å². The molecule has 5 nitrogen and oxygen atoms in total. The lowest BCUT2D eigenvalue weighted by molar-refractivity contribution is 0.281. The predicted molar refractivity (Wildman–Crippen MR) is 87.2 cm³/mol. The smallest absolute Gasteiger partial charge is 0.176 e. The van der Waals surface area contributed by atoms with Crippen molar-refractivity contribution in [2.45, 2.75) is 6.61 Å². The molecule has 0 amide bonds. The van der Waals surface area contributed by atoms with Gasteiger partial charge in [-0.25, -0.2) is 0 Å². The summed E-state index contributed by atoms with van der Waals surface area (Å²) in [6.45, 7) is -0.0524. The molecule has 0 saturated carbocycles. The maximum Gasteiger partial charge on any atom is 0.176 e. The van der Waals surface area contributed by atoms with Crippen LogP contribution in [0.5, 0.6) is 17.2 Å². The molecule has 0 bridgehead atoms. The zero-order valence-electron chi connectivity index (χ0n) is 13.3. The molecule has 0 radical (unpaired) electrons. The predicted octanol–water partition coefficient (Wildman–Crippen LogP) is 3.62. The number of methoxy groups -OCH3 is 3. The Morgan fingerprint density at radius 1 is 0.870 bits per heavy atom. The lowest BCUT2D eigenvalue weighted by Gasteiger charge is -2.08. The highest BCUT2D eigenvalue weighted by molar-refractivity contribution is 5.88. The second-order valence-corrected chi connectivity index (χ2v) is 5.05. The van der Waals surface area contributed by atoms with Gasteiger partial charge in [-0.3, -0.25) is 0 Å². The van der Waals surface area contributed by atoms with Crippen molar-refractivity contribution in [1.29, 1.82) is 0 Å². The van der Waals surface area contributed by atoms with E-state index in [0.717, 1.165) is 16.5 Å². The Morgan fingerprint density at radius 2 is 1.61 bits per heavy atom. The van der Waals surface area contributed by atoms with Gasteiger partial charge >= 0.3 is 0 Å². The summed E-state index contributed by atoms with van der Waals surface area (Å²) in [7, 11) is 4.77. The highest BCUT2D eigenvalue weighted by Gasteiger charge is 2.14. The topological polar surface area (TPSA) is 61.1 Å². The lowest BCUT2D eigenvalue weighted by Crippen LogP contribution is -1.90. The maximum absolute atomic E-state index is 9.35. The molecule has 1 aromatic heterocycles. The van der Waals surface area contributed by atoms with Gasteiger partial charge in [0, 0.05) is 10.9 Å². The first-order valence-electron chi connectivity index (χ1n) is 7.14. The van der Waals surface area contributed by atoms with Crippen molar-refractivity contribution in [2.75, 3.05) is 21.3 Å². The van der Waals surface area contributed by atoms with Crippen LogP contribution in [0.25, 0.3) is 22.3 Å². The van der Waals surface area contributed by atoms with Crippen LogP contribution in [0.2, 0.25) is 0 Å². The van der Waals surface area contributed by atoms with Crippen molar-refractivity contribution < 1.29 is 23.7 Å². The minimum Gasteiger partial charge on any atom is -0.493 e. The fourth-order valence-corrected chi connectivity index (χ4v) is 2.55. The van der Waals surface area contributed by atoms with Crippen LogP contribution in [-0.4, -0.2) is 26.4 Å². The van der Waals surface area contributed by atoms with E-state index in [1.165, 1.54) is 0 Å². The number of ether oxygens (including phenoxy) is 3. The SMILES string of the molecule is COc1ccc(-c2cc3cc(CO)cc(OC)c3o2)cc1OC. The van der Waals surface area contributed by atoms with Crippen molar-refractivity contribution in [3.63, 3.8) is 0 Å². The minimum absolute atomic E-state index is 0.0524. The average Bonchev–Trinajstić information content (AvgIpc) is 3.04. The van der Waals surface area contributed by atoms with E-state index in [-0.39, 0.29) is 6.61 Å². The molecule has 0 aliphatic rings. The Balaban J connectivity index is 2.13. The van der Waals surface area contributed by atoms with E-state index in [2.05, 4.69) is 0 Å². The molecule has 3 rings (SSSR count). The van der Waals surface area contributed by atoms with E-state index >= 15 is 0 Å². The van der Waals surface area contributed by atoms with Crippen molar-refractivity contribution in [3.05, 3.63) is 42.0 Å². The molecule has 0 unspecified atom stereocenters. The standard InChI is InChI=1S/C18H18O5/c1-20-14-5-4-12(8-16(14)21-2)15-9-13-6-11(10-19)7-17(22-3)18(13)23-15/h4-9,19H,10H2,1-3H3. The number of hydrogen-bond donors (Lipinski definition) is 1. The fraction of sp³-hybridized carbons (Fsp3) is 0.222. The van der Waals surface area contributed by atoms with Gasteiger partial charge in [0.2, 0.25) is 0 Å². The molecular formula is C18H18O5. The van der Waals surface area contributed by atoms with Gasteiger partial charge in [0.05, 0.1) is 27.9 Å². The first-order chi connectivity index (χ1) is 11.2. The third-order valence-corrected chi connectivity index (χ3v) is 3.71. The van der Waals surface area contributed by atoms with Crippen LogP contribution in [0.3, 0.4) is 0 Å². The van der Waals surface area contributed by atoms with Gasteiger partial charge in [-0.05, 0) is 42.0 Å². The van der Waals surface area contributed by atoms with Gasteiger partial charge in [0.15, 0.2) is 22.8 Å². The van der Waals surface area contributed by atoms with E-state index in [0.29, 0.717) is 28.6 Å². The summed E-state index contributed by atoms with van der Waals surface area (Å²) in [4.78, 5) is 0. The molecule has 1 N–H and O–H groups in total. The van der Waals surface area contributed by atoms with Crippen molar-refractivity contribution >= 4 is 11.0 Å². The molecule has 0 aliphatic heterocycles. The maximum atomic E-state index is 9.35. The second-order valence-electron chi connectivity index (χ2n) is 5.05. The van der Waals surface area contributed by atoms with Crippen molar-refractivity contribution in [3.8, 4) is 28.6 Å². The molecule has 0 spiro atoms. The minimum atomic E-state index is -0.0524. The zero-order valence-corrected chi connectivity index (χ0v) is 13.3. The summed E-state index contributed by atoms with van der Waals surface area (Å²) >= 11 is 0. The summed E-state index contributed by atoms with van der Waals surface area (Å²) in [6.07, 6.45) is 0. The Bertz CT molecular complexity index is 835. The first-order valence-corrected chi connectivity index (χ1v) is 7.14. The summed E-state index contributed by atoms with van der Waals surface area (Å²) in [5.41, 5.74) is 2.29. The van der Waals surface area contributed by atoms with Crippen LogP contribution in [-0.2, 0) is 6.61 Å². The fourth-order valence-electron chi connectivity index (χ4n) is 2.55. The van der Waals surface area contributed by atoms with E-state index in [1.807, 2.05) is 30.3 Å². The molecule has 1 heterocycles. The molecular weight excluding hydrogens is 296 g/mol. The third-order valence-electron chi connectivity index (χ3n) is 3.71. The van der Waals surface area contributed by atoms with Crippen LogP contribution >= 0.6 is 0 Å². The highest BCUT2D eigenvalue weighted by atomic mass is 16.5. The summed E-state index contributed by atoms with van der Waals surface area (Å²) in [5.74, 6) is 2.58. The quantitative estimate of drug-likeness (QED) is 0.779. The first kappa shape index (κ1) is 15.2. The number of furan rings is 1. The molecule has 5 heteroatoms. The number of aliphatic hydroxyl groups excluding tert-OH is 1. The molecule has 0 atom stereocenters. The Morgan fingerprint density at radius 3 is 2.26 bits per heavy atom. The third kappa shape index (κ3) is 2.71. The molecule has 0 saturated heterocycles. The van der Waals surface area contributed by atoms with Gasteiger partial charge in [-0.15, -0.1) is 0 Å². The van der Waals surface area contributed by atoms with Gasteiger partial charge < -0.3 is 23.7 Å². The Kier molecular flexibility index (Phi) is 4.12. The molecule has 120 valence electrons. The van der Waals surface area contributed by atoms with Gasteiger partial charge in [0.1, 0.15) is 5.76 Å². The number of benzene rings is 2. The Labute approximate surface area is 134 Å². The molecule has 2 aromatic carbocycles. The van der Waals surface area contributed by atoms with Crippen LogP contribution < -0.4 is 14.2 Å². The average molecular weight is 314 g/mol. The van der Waals surface area contributed by atoms with E-state index in [4.69, 9.17) is 18.6 Å². The van der Waals surface area contributed by atoms with E-state index in [9.17, 15) is 5.11 Å². The molecule has 0 fully saturated rings. The summed E-state index contributed by atoms with van der Waals surface area (Å²) in [5, 5.41) is 10.2. The summed E-state index contributed by atoms with van der Waals surface area (Å²) < 4.78 is 21.9. The van der Waals surface area contributed by atoms with Gasteiger partial charge in [-0.2, -0.15) is 0 Å². The number of hydrogen-bond acceptors (Lipinski definition) is 5. The van der Waals surface area contributed by atoms with E-state index in [1.54, 1.807) is 27.4 Å². The van der Waals surface area contributed by atoms with Crippen LogP contribution in [0, 0.1) is 0 Å². The van der Waals surface area contributed by atoms with Crippen LogP contribution in [0.4, 0.5) is 0 Å². The second kappa shape index (κ2) is 6.22. The lowest BCUT2D eigenvalue weighted by atomic mass is 10.1. The number of aliphatic hydroxyl groups is 1. The largest absolute Gasteiger partial charge is 0.493 e. The number of fused-ring (bicyclic) bond motifs is 1. The summed E-state index contributed by atoms with van der Waals surface area (Å²) in [6, 6.07) is 11.2. The van der Waals surface area contributed by atoms with E-state index < -0.39 is 0 Å². The number of rotatable bonds is 5. The highest BCUT2D eigenvalue weighted by Crippen LogP contribution is 2.37. The van der Waals surface area contributed by atoms with Crippen LogP contribution in [0.1, 0.15) is 5.56 Å². The van der Waals surface area contributed by atoms with Crippen molar-refractivity contribution in [1.82, 2.24) is 0 Å². The molecule has 3 aromatic rings. The zero-order chi connectivity index (χ0) is 16.4. The van der Waals surface area contributed by atoms with Crippen LogP contribution in [0.15, 0.2) is 40.8 Å². The molecule has 23 heavy (non-hydrogen) atoms.